The fraction of sp³-hybridized carbons (Fsp3) is 0.214. The summed E-state index contributed by atoms with van der Waals surface area (Å²) >= 11 is 0. The first-order valence-electron chi connectivity index (χ1n) is 6.15. The van der Waals surface area contributed by atoms with E-state index >= 15 is 0 Å². The minimum atomic E-state index is -0.675. The molecular formula is C14H14N2O5. The van der Waals surface area contributed by atoms with Gasteiger partial charge in [0.15, 0.2) is 11.5 Å². The largest absolute Gasteiger partial charge is 0.493 e. The summed E-state index contributed by atoms with van der Waals surface area (Å²) in [6.07, 6.45) is 0.756. The molecule has 1 aromatic heterocycles. The second-order valence-corrected chi connectivity index (χ2v) is 4.29. The number of methoxy groups -OCH3 is 1. The molecule has 0 saturated carbocycles. The Morgan fingerprint density at radius 1 is 1.29 bits per heavy atom. The fourth-order valence-electron chi connectivity index (χ4n) is 1.68. The summed E-state index contributed by atoms with van der Waals surface area (Å²) in [6, 6.07) is 7.31. The number of non-ortho nitro benzene ring substituents is 1. The van der Waals surface area contributed by atoms with Crippen LogP contribution < -0.4 is 9.47 Å². The van der Waals surface area contributed by atoms with Gasteiger partial charge in [-0.2, -0.15) is 0 Å². The Balaban J connectivity index is 2.29. The number of aliphatic hydroxyl groups is 1. The molecule has 0 amide bonds. The molecule has 0 aliphatic rings. The van der Waals surface area contributed by atoms with E-state index in [9.17, 15) is 15.2 Å². The Hall–Kier alpha value is -2.67. The van der Waals surface area contributed by atoms with E-state index in [0.29, 0.717) is 17.2 Å². The average molecular weight is 290 g/mol. The Bertz CT molecular complexity index is 640. The maximum absolute atomic E-state index is 10.8. The van der Waals surface area contributed by atoms with Gasteiger partial charge in [-0.1, -0.05) is 0 Å². The number of rotatable bonds is 5. The van der Waals surface area contributed by atoms with E-state index in [-0.39, 0.29) is 11.4 Å². The molecule has 0 saturated heterocycles. The van der Waals surface area contributed by atoms with Gasteiger partial charge < -0.3 is 14.6 Å². The van der Waals surface area contributed by atoms with Crippen molar-refractivity contribution >= 4 is 5.69 Å². The van der Waals surface area contributed by atoms with Crippen LogP contribution in [0.5, 0.6) is 17.2 Å². The van der Waals surface area contributed by atoms with Gasteiger partial charge in [0.05, 0.1) is 36.1 Å². The molecular weight excluding hydrogens is 276 g/mol. The summed E-state index contributed by atoms with van der Waals surface area (Å²) in [4.78, 5) is 14.3. The lowest BCUT2D eigenvalue weighted by Crippen LogP contribution is -1.96. The predicted molar refractivity (Wildman–Crippen MR) is 74.6 cm³/mol. The van der Waals surface area contributed by atoms with Crippen LogP contribution in [0.2, 0.25) is 0 Å². The van der Waals surface area contributed by atoms with Crippen LogP contribution in [-0.2, 0) is 0 Å². The van der Waals surface area contributed by atoms with Crippen LogP contribution in [0.25, 0.3) is 0 Å². The summed E-state index contributed by atoms with van der Waals surface area (Å²) < 4.78 is 10.7. The minimum Gasteiger partial charge on any atom is -0.493 e. The number of hydrogen-bond donors (Lipinski definition) is 1. The van der Waals surface area contributed by atoms with Gasteiger partial charge in [-0.25, -0.2) is 0 Å². The second kappa shape index (κ2) is 6.19. The van der Waals surface area contributed by atoms with Crippen LogP contribution in [0, 0.1) is 10.1 Å². The van der Waals surface area contributed by atoms with Gasteiger partial charge in [-0.3, -0.25) is 15.1 Å². The summed E-state index contributed by atoms with van der Waals surface area (Å²) in [7, 11) is 1.45. The molecule has 0 spiro atoms. The number of nitro benzene ring substituents is 1. The topological polar surface area (TPSA) is 94.7 Å². The molecule has 110 valence electrons. The molecule has 2 aromatic rings. The van der Waals surface area contributed by atoms with E-state index in [1.54, 1.807) is 19.1 Å². The van der Waals surface area contributed by atoms with Crippen molar-refractivity contribution < 1.29 is 19.5 Å². The minimum absolute atomic E-state index is 0.0978. The Labute approximate surface area is 120 Å². The molecule has 1 aromatic carbocycles. The molecule has 7 heteroatoms. The van der Waals surface area contributed by atoms with Crippen LogP contribution in [0.3, 0.4) is 0 Å². The number of ether oxygens (including phenoxy) is 2. The number of hydrogen-bond acceptors (Lipinski definition) is 6. The van der Waals surface area contributed by atoms with Crippen molar-refractivity contribution in [1.82, 2.24) is 4.98 Å². The lowest BCUT2D eigenvalue weighted by Gasteiger charge is -2.10. The first kappa shape index (κ1) is 14.7. The summed E-state index contributed by atoms with van der Waals surface area (Å²) in [6.45, 7) is 1.60. The SMILES string of the molecule is COc1ccc([N+](=O)[O-])cc1Oc1ccc([C@H](C)O)nc1. The summed E-state index contributed by atoms with van der Waals surface area (Å²) in [5, 5.41) is 20.2. The van der Waals surface area contributed by atoms with Crippen molar-refractivity contribution in [2.24, 2.45) is 0 Å². The third kappa shape index (κ3) is 3.46. The van der Waals surface area contributed by atoms with Gasteiger partial charge in [0.1, 0.15) is 5.75 Å². The number of pyridine rings is 1. The molecule has 1 atom stereocenters. The fourth-order valence-corrected chi connectivity index (χ4v) is 1.68. The molecule has 0 aliphatic carbocycles. The van der Waals surface area contributed by atoms with E-state index in [2.05, 4.69) is 4.98 Å². The van der Waals surface area contributed by atoms with E-state index in [1.165, 1.54) is 31.5 Å². The summed E-state index contributed by atoms with van der Waals surface area (Å²) in [5.41, 5.74) is 0.410. The lowest BCUT2D eigenvalue weighted by molar-refractivity contribution is -0.384. The van der Waals surface area contributed by atoms with E-state index in [1.807, 2.05) is 0 Å². The van der Waals surface area contributed by atoms with Crippen molar-refractivity contribution in [3.8, 4) is 17.2 Å². The smallest absolute Gasteiger partial charge is 0.273 e. The second-order valence-electron chi connectivity index (χ2n) is 4.29. The Morgan fingerprint density at radius 2 is 2.05 bits per heavy atom. The lowest BCUT2D eigenvalue weighted by atomic mass is 10.2. The number of nitro groups is 1. The normalized spacial score (nSPS) is 11.8. The highest BCUT2D eigenvalue weighted by molar-refractivity contribution is 5.50. The van der Waals surface area contributed by atoms with Crippen LogP contribution in [0.4, 0.5) is 5.69 Å². The zero-order chi connectivity index (χ0) is 15.4. The van der Waals surface area contributed by atoms with Crippen molar-refractivity contribution in [2.75, 3.05) is 7.11 Å². The standard InChI is InChI=1S/C14H14N2O5/c1-9(17)12-5-4-11(8-15-12)21-14-7-10(16(18)19)3-6-13(14)20-2/h3-9,17H,1-2H3/t9-/m0/s1. The third-order valence-electron chi connectivity index (χ3n) is 2.77. The average Bonchev–Trinajstić information content (AvgIpc) is 2.47. The molecule has 0 bridgehead atoms. The predicted octanol–water partition coefficient (Wildman–Crippen LogP) is 2.84. The molecule has 7 nitrogen and oxygen atoms in total. The van der Waals surface area contributed by atoms with Crippen LogP contribution in [0.1, 0.15) is 18.7 Å². The maximum atomic E-state index is 10.8. The Kier molecular flexibility index (Phi) is 4.34. The van der Waals surface area contributed by atoms with Crippen molar-refractivity contribution in [1.29, 1.82) is 0 Å². The number of benzene rings is 1. The number of aromatic nitrogens is 1. The quantitative estimate of drug-likeness (QED) is 0.672. The van der Waals surface area contributed by atoms with Gasteiger partial charge >= 0.3 is 0 Å². The van der Waals surface area contributed by atoms with E-state index in [0.717, 1.165) is 0 Å². The molecule has 0 aliphatic heterocycles. The molecule has 2 rings (SSSR count). The maximum Gasteiger partial charge on any atom is 0.273 e. The van der Waals surface area contributed by atoms with Gasteiger partial charge in [-0.05, 0) is 25.1 Å². The van der Waals surface area contributed by atoms with Gasteiger partial charge in [0.2, 0.25) is 0 Å². The van der Waals surface area contributed by atoms with E-state index < -0.39 is 11.0 Å². The Morgan fingerprint density at radius 3 is 2.57 bits per heavy atom. The third-order valence-corrected chi connectivity index (χ3v) is 2.77. The van der Waals surface area contributed by atoms with Gasteiger partial charge in [0.25, 0.3) is 5.69 Å². The molecule has 1 N–H and O–H groups in total. The highest BCUT2D eigenvalue weighted by Gasteiger charge is 2.13. The van der Waals surface area contributed by atoms with Crippen molar-refractivity contribution in [2.45, 2.75) is 13.0 Å². The molecule has 0 radical (unpaired) electrons. The zero-order valence-electron chi connectivity index (χ0n) is 11.5. The number of nitrogens with zero attached hydrogens (tertiary/aromatic N) is 2. The first-order valence-corrected chi connectivity index (χ1v) is 6.15. The van der Waals surface area contributed by atoms with Crippen molar-refractivity contribution in [3.05, 3.63) is 52.3 Å². The van der Waals surface area contributed by atoms with Crippen LogP contribution in [-0.4, -0.2) is 22.1 Å². The zero-order valence-corrected chi connectivity index (χ0v) is 11.5. The molecule has 21 heavy (non-hydrogen) atoms. The monoisotopic (exact) mass is 290 g/mol. The van der Waals surface area contributed by atoms with Gasteiger partial charge in [0, 0.05) is 6.07 Å². The molecule has 1 heterocycles. The number of aliphatic hydroxyl groups excluding tert-OH is 1. The van der Waals surface area contributed by atoms with Crippen LogP contribution in [0.15, 0.2) is 36.5 Å². The summed E-state index contributed by atoms with van der Waals surface area (Å²) in [5.74, 6) is 0.983. The van der Waals surface area contributed by atoms with Crippen LogP contribution >= 0.6 is 0 Å². The van der Waals surface area contributed by atoms with Gasteiger partial charge in [-0.15, -0.1) is 0 Å². The highest BCUT2D eigenvalue weighted by atomic mass is 16.6. The van der Waals surface area contributed by atoms with Crippen molar-refractivity contribution in [3.63, 3.8) is 0 Å². The van der Waals surface area contributed by atoms with E-state index in [4.69, 9.17) is 9.47 Å². The highest BCUT2D eigenvalue weighted by Crippen LogP contribution is 2.34. The molecule has 0 unspecified atom stereocenters. The molecule has 0 fully saturated rings. The first-order chi connectivity index (χ1) is 10.0.